The molecule has 1 fully saturated rings. The number of benzene rings is 1. The van der Waals surface area contributed by atoms with E-state index in [1.165, 1.54) is 0 Å². The van der Waals surface area contributed by atoms with Gasteiger partial charge in [0.1, 0.15) is 5.75 Å². The molecule has 6 nitrogen and oxygen atoms in total. The van der Waals surface area contributed by atoms with E-state index in [4.69, 9.17) is 9.47 Å². The fraction of sp³-hybridized carbons (Fsp3) is 0.500. The quantitative estimate of drug-likeness (QED) is 0.809. The average Bonchev–Trinajstić information content (AvgIpc) is 2.98. The maximum Gasteiger partial charge on any atom is 0.119 e. The second kappa shape index (κ2) is 7.79. The molecule has 24 heavy (non-hydrogen) atoms. The summed E-state index contributed by atoms with van der Waals surface area (Å²) >= 11 is 0. The Bertz CT molecular complexity index is 646. The minimum Gasteiger partial charge on any atom is -0.497 e. The van der Waals surface area contributed by atoms with E-state index in [0.717, 1.165) is 48.9 Å². The van der Waals surface area contributed by atoms with Gasteiger partial charge in [0.15, 0.2) is 0 Å². The van der Waals surface area contributed by atoms with Gasteiger partial charge in [0.25, 0.3) is 0 Å². The van der Waals surface area contributed by atoms with Crippen LogP contribution in [0, 0.1) is 6.92 Å². The monoisotopic (exact) mass is 330 g/mol. The third-order valence-electron chi connectivity index (χ3n) is 4.56. The van der Waals surface area contributed by atoms with Crippen molar-refractivity contribution >= 4 is 0 Å². The maximum atomic E-state index is 5.90. The Balaban J connectivity index is 1.56. The summed E-state index contributed by atoms with van der Waals surface area (Å²) in [6.45, 7) is 7.71. The van der Waals surface area contributed by atoms with Gasteiger partial charge in [0.2, 0.25) is 0 Å². The average molecular weight is 330 g/mol. The molecule has 1 aromatic heterocycles. The molecule has 0 unspecified atom stereocenters. The van der Waals surface area contributed by atoms with E-state index in [2.05, 4.69) is 28.9 Å². The summed E-state index contributed by atoms with van der Waals surface area (Å²) in [7, 11) is 3.83. The molecule has 0 N–H and O–H groups in total. The van der Waals surface area contributed by atoms with Crippen molar-refractivity contribution in [2.75, 3.05) is 47.1 Å². The molecule has 0 aliphatic carbocycles. The Morgan fingerprint density at radius 2 is 1.79 bits per heavy atom. The van der Waals surface area contributed by atoms with Crippen LogP contribution in [-0.2, 0) is 11.3 Å². The lowest BCUT2D eigenvalue weighted by Crippen LogP contribution is -2.45. The number of ether oxygens (including phenoxy) is 2. The minimum atomic E-state index is 0.592. The Morgan fingerprint density at radius 3 is 2.46 bits per heavy atom. The molecule has 2 aromatic rings. The van der Waals surface area contributed by atoms with Crippen molar-refractivity contribution in [2.45, 2.75) is 13.5 Å². The SMILES string of the molecule is COc1ccc(-n2ncc(COCN3CCN(C)CC3)c2C)cc1. The zero-order chi connectivity index (χ0) is 16.9. The van der Waals surface area contributed by atoms with Crippen LogP contribution in [0.2, 0.25) is 0 Å². The number of nitrogens with zero attached hydrogens (tertiary/aromatic N) is 4. The molecule has 2 heterocycles. The van der Waals surface area contributed by atoms with Crippen LogP contribution < -0.4 is 4.74 Å². The predicted octanol–water partition coefficient (Wildman–Crippen LogP) is 1.91. The number of piperazine rings is 1. The zero-order valence-corrected chi connectivity index (χ0v) is 14.7. The summed E-state index contributed by atoms with van der Waals surface area (Å²) in [5.74, 6) is 0.847. The van der Waals surface area contributed by atoms with E-state index in [1.54, 1.807) is 7.11 Å². The van der Waals surface area contributed by atoms with Gasteiger partial charge >= 0.3 is 0 Å². The topological polar surface area (TPSA) is 42.8 Å². The van der Waals surface area contributed by atoms with Crippen molar-refractivity contribution < 1.29 is 9.47 Å². The third kappa shape index (κ3) is 3.95. The predicted molar refractivity (Wildman–Crippen MR) is 93.6 cm³/mol. The number of hydrogen-bond acceptors (Lipinski definition) is 5. The van der Waals surface area contributed by atoms with Crippen LogP contribution >= 0.6 is 0 Å². The van der Waals surface area contributed by atoms with Gasteiger partial charge in [0, 0.05) is 37.4 Å². The first kappa shape index (κ1) is 17.0. The molecule has 0 bridgehead atoms. The highest BCUT2D eigenvalue weighted by Crippen LogP contribution is 2.18. The summed E-state index contributed by atoms with van der Waals surface area (Å²) in [6, 6.07) is 7.90. The minimum absolute atomic E-state index is 0.592. The van der Waals surface area contributed by atoms with Crippen LogP contribution in [0.3, 0.4) is 0 Å². The molecule has 0 amide bonds. The second-order valence-electron chi connectivity index (χ2n) is 6.26. The van der Waals surface area contributed by atoms with Gasteiger partial charge in [-0.05, 0) is 38.2 Å². The van der Waals surface area contributed by atoms with Crippen LogP contribution in [0.1, 0.15) is 11.3 Å². The first-order chi connectivity index (χ1) is 11.7. The van der Waals surface area contributed by atoms with Gasteiger partial charge in [-0.1, -0.05) is 0 Å². The molecule has 0 radical (unpaired) electrons. The van der Waals surface area contributed by atoms with Crippen molar-refractivity contribution in [3.8, 4) is 11.4 Å². The van der Waals surface area contributed by atoms with E-state index < -0.39 is 0 Å². The van der Waals surface area contributed by atoms with Crippen molar-refractivity contribution in [1.29, 1.82) is 0 Å². The lowest BCUT2D eigenvalue weighted by molar-refractivity contribution is -0.00199. The van der Waals surface area contributed by atoms with Crippen molar-refractivity contribution in [1.82, 2.24) is 19.6 Å². The van der Waals surface area contributed by atoms with E-state index >= 15 is 0 Å². The highest BCUT2D eigenvalue weighted by atomic mass is 16.5. The van der Waals surface area contributed by atoms with E-state index in [1.807, 2.05) is 35.1 Å². The zero-order valence-electron chi connectivity index (χ0n) is 14.7. The summed E-state index contributed by atoms with van der Waals surface area (Å²) in [4.78, 5) is 4.70. The van der Waals surface area contributed by atoms with Gasteiger partial charge < -0.3 is 14.4 Å². The number of methoxy groups -OCH3 is 1. The molecule has 1 aliphatic rings. The molecule has 3 rings (SSSR count). The summed E-state index contributed by atoms with van der Waals surface area (Å²) < 4.78 is 13.0. The molecule has 1 aliphatic heterocycles. The fourth-order valence-electron chi connectivity index (χ4n) is 2.83. The molecule has 0 saturated carbocycles. The van der Waals surface area contributed by atoms with E-state index in [9.17, 15) is 0 Å². The highest BCUT2D eigenvalue weighted by Gasteiger charge is 2.14. The van der Waals surface area contributed by atoms with Gasteiger partial charge in [-0.25, -0.2) is 4.68 Å². The first-order valence-electron chi connectivity index (χ1n) is 8.34. The Morgan fingerprint density at radius 1 is 1.08 bits per heavy atom. The van der Waals surface area contributed by atoms with Crippen LogP contribution in [0.4, 0.5) is 0 Å². The Hall–Kier alpha value is -1.89. The number of likely N-dealkylation sites (N-methyl/N-ethyl adjacent to an activating group) is 1. The molecule has 1 saturated heterocycles. The number of hydrogen-bond donors (Lipinski definition) is 0. The Labute approximate surface area is 143 Å². The lowest BCUT2D eigenvalue weighted by Gasteiger charge is -2.31. The number of rotatable bonds is 6. The van der Waals surface area contributed by atoms with Gasteiger partial charge in [-0.2, -0.15) is 5.10 Å². The van der Waals surface area contributed by atoms with Gasteiger partial charge in [0.05, 0.1) is 32.3 Å². The van der Waals surface area contributed by atoms with Gasteiger partial charge in [-0.15, -0.1) is 0 Å². The van der Waals surface area contributed by atoms with E-state index in [-0.39, 0.29) is 0 Å². The van der Waals surface area contributed by atoms with Crippen molar-refractivity contribution in [3.05, 3.63) is 41.7 Å². The van der Waals surface area contributed by atoms with E-state index in [0.29, 0.717) is 13.3 Å². The smallest absolute Gasteiger partial charge is 0.119 e. The largest absolute Gasteiger partial charge is 0.497 e. The van der Waals surface area contributed by atoms with Gasteiger partial charge in [-0.3, -0.25) is 4.90 Å². The molecule has 1 aromatic carbocycles. The fourth-order valence-corrected chi connectivity index (χ4v) is 2.83. The van der Waals surface area contributed by atoms with Crippen molar-refractivity contribution in [2.24, 2.45) is 0 Å². The van der Waals surface area contributed by atoms with Crippen molar-refractivity contribution in [3.63, 3.8) is 0 Å². The molecule has 6 heteroatoms. The highest BCUT2D eigenvalue weighted by molar-refractivity contribution is 5.39. The second-order valence-corrected chi connectivity index (χ2v) is 6.26. The first-order valence-corrected chi connectivity index (χ1v) is 8.34. The van der Waals surface area contributed by atoms with Crippen LogP contribution in [0.5, 0.6) is 5.75 Å². The molecule has 130 valence electrons. The molecular weight excluding hydrogens is 304 g/mol. The summed E-state index contributed by atoms with van der Waals surface area (Å²) in [5, 5.41) is 4.49. The molecule has 0 atom stereocenters. The maximum absolute atomic E-state index is 5.90. The summed E-state index contributed by atoms with van der Waals surface area (Å²) in [6.07, 6.45) is 1.89. The van der Waals surface area contributed by atoms with Crippen LogP contribution in [0.25, 0.3) is 5.69 Å². The standard InChI is InChI=1S/C18H26N4O2/c1-15-16(13-24-14-21-10-8-20(2)9-11-21)12-19-22(15)17-4-6-18(23-3)7-5-17/h4-7,12H,8-11,13-14H2,1-3H3. The third-order valence-corrected chi connectivity index (χ3v) is 4.56. The number of aromatic nitrogens is 2. The molecular formula is C18H26N4O2. The van der Waals surface area contributed by atoms with Crippen LogP contribution in [-0.4, -0.2) is 66.6 Å². The Kier molecular flexibility index (Phi) is 5.50. The summed E-state index contributed by atoms with van der Waals surface area (Å²) in [5.41, 5.74) is 3.26. The lowest BCUT2D eigenvalue weighted by atomic mass is 10.2. The normalized spacial score (nSPS) is 16.5. The van der Waals surface area contributed by atoms with Crippen LogP contribution in [0.15, 0.2) is 30.5 Å². The molecule has 0 spiro atoms.